The Morgan fingerprint density at radius 1 is 1.38 bits per heavy atom. The Hall–Kier alpha value is 0.390. The van der Waals surface area contributed by atoms with E-state index in [1.54, 1.807) is 7.11 Å². The third-order valence-corrected chi connectivity index (χ3v) is 2.89. The molecule has 1 aliphatic carbocycles. The highest BCUT2D eigenvalue weighted by Crippen LogP contribution is 2.28. The van der Waals surface area contributed by atoms with Gasteiger partial charge in [0.1, 0.15) is 6.79 Å². The van der Waals surface area contributed by atoms with E-state index in [0.717, 1.165) is 0 Å². The molecule has 0 N–H and O–H groups in total. The van der Waals surface area contributed by atoms with Crippen LogP contribution in [-0.4, -0.2) is 20.0 Å². The van der Waals surface area contributed by atoms with Crippen molar-refractivity contribution in [2.24, 2.45) is 5.92 Å². The number of rotatable bonds is 4. The molecule has 13 heavy (non-hydrogen) atoms. The first-order valence-corrected chi connectivity index (χ1v) is 6.00. The first-order valence-electron chi connectivity index (χ1n) is 4.76. The van der Waals surface area contributed by atoms with Crippen LogP contribution in [0.15, 0.2) is 10.2 Å². The fourth-order valence-electron chi connectivity index (χ4n) is 1.80. The maximum atomic E-state index is 5.62. The highest BCUT2D eigenvalue weighted by Gasteiger charge is 2.23. The molecular formula is C10H17IO2. The molecule has 76 valence electrons. The van der Waals surface area contributed by atoms with Gasteiger partial charge in [-0.25, -0.2) is 0 Å². The molecule has 0 saturated heterocycles. The van der Waals surface area contributed by atoms with Crippen LogP contribution in [0.5, 0.6) is 0 Å². The molecule has 0 heterocycles. The Kier molecular flexibility index (Phi) is 5.98. The van der Waals surface area contributed by atoms with Crippen LogP contribution in [0, 0.1) is 5.92 Å². The Labute approximate surface area is 93.8 Å². The van der Waals surface area contributed by atoms with E-state index in [0.29, 0.717) is 18.8 Å². The zero-order valence-corrected chi connectivity index (χ0v) is 10.2. The monoisotopic (exact) mass is 296 g/mol. The maximum absolute atomic E-state index is 5.62. The fraction of sp³-hybridized carbons (Fsp3) is 0.800. The second kappa shape index (κ2) is 6.79. The minimum Gasteiger partial charge on any atom is -0.359 e. The van der Waals surface area contributed by atoms with Crippen LogP contribution >= 0.6 is 22.6 Å². The van der Waals surface area contributed by atoms with Crippen molar-refractivity contribution in [1.29, 1.82) is 0 Å². The molecular weight excluding hydrogens is 279 g/mol. The second-order valence-electron chi connectivity index (χ2n) is 3.38. The minimum absolute atomic E-state index is 0.375. The number of hydrogen-bond acceptors (Lipinski definition) is 2. The van der Waals surface area contributed by atoms with E-state index in [4.69, 9.17) is 9.47 Å². The standard InChI is InChI=1S/C10H17IO2/c1-12-8-13-10-5-3-2-4-9(10)6-7-11/h6-7,9-10H,2-5,8H2,1H3/b7-6-/t9-,10+/m1/s1. The van der Waals surface area contributed by atoms with Crippen molar-refractivity contribution in [1.82, 2.24) is 0 Å². The largest absolute Gasteiger partial charge is 0.359 e. The summed E-state index contributed by atoms with van der Waals surface area (Å²) in [5, 5.41) is 0. The Morgan fingerprint density at radius 2 is 2.15 bits per heavy atom. The van der Waals surface area contributed by atoms with Crippen LogP contribution in [0.25, 0.3) is 0 Å². The van der Waals surface area contributed by atoms with E-state index in [-0.39, 0.29) is 0 Å². The third-order valence-electron chi connectivity index (χ3n) is 2.47. The second-order valence-corrected chi connectivity index (χ2v) is 4.10. The molecule has 0 unspecified atom stereocenters. The van der Waals surface area contributed by atoms with Crippen LogP contribution in [-0.2, 0) is 9.47 Å². The lowest BCUT2D eigenvalue weighted by molar-refractivity contribution is -0.0945. The summed E-state index contributed by atoms with van der Waals surface area (Å²) in [7, 11) is 1.67. The van der Waals surface area contributed by atoms with Crippen LogP contribution in [0.2, 0.25) is 0 Å². The van der Waals surface area contributed by atoms with Crippen LogP contribution in [0.4, 0.5) is 0 Å². The van der Waals surface area contributed by atoms with Gasteiger partial charge in [0.25, 0.3) is 0 Å². The van der Waals surface area contributed by atoms with Crippen LogP contribution in [0.3, 0.4) is 0 Å². The van der Waals surface area contributed by atoms with E-state index in [9.17, 15) is 0 Å². The van der Waals surface area contributed by atoms with E-state index in [1.165, 1.54) is 25.7 Å². The van der Waals surface area contributed by atoms with Gasteiger partial charge in [-0.1, -0.05) is 41.5 Å². The third kappa shape index (κ3) is 3.95. The van der Waals surface area contributed by atoms with E-state index in [2.05, 4.69) is 32.7 Å². The van der Waals surface area contributed by atoms with Crippen molar-refractivity contribution in [3.63, 3.8) is 0 Å². The van der Waals surface area contributed by atoms with Gasteiger partial charge in [-0.3, -0.25) is 0 Å². The number of ether oxygens (including phenoxy) is 2. The molecule has 1 saturated carbocycles. The normalized spacial score (nSPS) is 29.7. The number of methoxy groups -OCH3 is 1. The van der Waals surface area contributed by atoms with Crippen molar-refractivity contribution in [3.05, 3.63) is 10.2 Å². The topological polar surface area (TPSA) is 18.5 Å². The molecule has 0 aromatic carbocycles. The summed E-state index contributed by atoms with van der Waals surface area (Å²) in [5.74, 6) is 0.598. The molecule has 1 fully saturated rings. The summed E-state index contributed by atoms with van der Waals surface area (Å²) >= 11 is 2.27. The SMILES string of the molecule is COCO[C@H]1CCCC[C@@H]1/C=C\I. The molecule has 1 aliphatic rings. The lowest BCUT2D eigenvalue weighted by Gasteiger charge is -2.28. The van der Waals surface area contributed by atoms with Gasteiger partial charge in [0.15, 0.2) is 0 Å². The van der Waals surface area contributed by atoms with Crippen molar-refractivity contribution < 1.29 is 9.47 Å². The zero-order chi connectivity index (χ0) is 9.52. The van der Waals surface area contributed by atoms with Crippen LogP contribution < -0.4 is 0 Å². The molecule has 0 aliphatic heterocycles. The lowest BCUT2D eigenvalue weighted by atomic mass is 9.86. The average molecular weight is 296 g/mol. The van der Waals surface area contributed by atoms with Crippen molar-refractivity contribution in [2.75, 3.05) is 13.9 Å². The van der Waals surface area contributed by atoms with Gasteiger partial charge in [-0.05, 0) is 16.9 Å². The zero-order valence-electron chi connectivity index (χ0n) is 8.04. The van der Waals surface area contributed by atoms with Crippen LogP contribution in [0.1, 0.15) is 25.7 Å². The Morgan fingerprint density at radius 3 is 2.85 bits per heavy atom. The number of hydrogen-bond donors (Lipinski definition) is 0. The van der Waals surface area contributed by atoms with Gasteiger partial charge < -0.3 is 9.47 Å². The smallest absolute Gasteiger partial charge is 0.146 e. The van der Waals surface area contributed by atoms with E-state index >= 15 is 0 Å². The molecule has 0 spiro atoms. The molecule has 2 nitrogen and oxygen atoms in total. The summed E-state index contributed by atoms with van der Waals surface area (Å²) < 4.78 is 12.6. The fourth-order valence-corrected chi connectivity index (χ4v) is 2.33. The quantitative estimate of drug-likeness (QED) is 0.586. The summed E-state index contributed by atoms with van der Waals surface area (Å²) in [6, 6.07) is 0. The summed E-state index contributed by atoms with van der Waals surface area (Å²) in [6.07, 6.45) is 7.68. The van der Waals surface area contributed by atoms with Gasteiger partial charge in [-0.2, -0.15) is 0 Å². The lowest BCUT2D eigenvalue weighted by Crippen LogP contribution is -2.27. The molecule has 0 aromatic rings. The van der Waals surface area contributed by atoms with E-state index in [1.807, 2.05) is 0 Å². The predicted molar refractivity (Wildman–Crippen MR) is 61.9 cm³/mol. The molecule has 3 heteroatoms. The number of halogens is 1. The predicted octanol–water partition coefficient (Wildman–Crippen LogP) is 3.11. The summed E-state index contributed by atoms with van der Waals surface area (Å²) in [4.78, 5) is 0. The van der Waals surface area contributed by atoms with Crippen molar-refractivity contribution in [3.8, 4) is 0 Å². The minimum atomic E-state index is 0.375. The highest BCUT2D eigenvalue weighted by molar-refractivity contribution is 14.1. The average Bonchev–Trinajstić information content (AvgIpc) is 2.17. The highest BCUT2D eigenvalue weighted by atomic mass is 127. The van der Waals surface area contributed by atoms with Gasteiger partial charge in [0.05, 0.1) is 6.10 Å². The van der Waals surface area contributed by atoms with Gasteiger partial charge in [0, 0.05) is 13.0 Å². The Bertz CT molecular complexity index is 159. The van der Waals surface area contributed by atoms with Gasteiger partial charge in [0.2, 0.25) is 0 Å². The van der Waals surface area contributed by atoms with Crippen molar-refractivity contribution >= 4 is 22.6 Å². The van der Waals surface area contributed by atoms with Crippen molar-refractivity contribution in [2.45, 2.75) is 31.8 Å². The molecule has 0 amide bonds. The van der Waals surface area contributed by atoms with Gasteiger partial charge in [-0.15, -0.1) is 0 Å². The molecule has 1 rings (SSSR count). The Balaban J connectivity index is 2.36. The molecule has 0 radical (unpaired) electrons. The van der Waals surface area contributed by atoms with E-state index < -0.39 is 0 Å². The van der Waals surface area contributed by atoms with Gasteiger partial charge >= 0.3 is 0 Å². The first-order chi connectivity index (χ1) is 6.38. The maximum Gasteiger partial charge on any atom is 0.146 e. The molecule has 2 atom stereocenters. The molecule has 0 aromatic heterocycles. The first kappa shape index (κ1) is 11.5. The summed E-state index contributed by atoms with van der Waals surface area (Å²) in [5.41, 5.74) is 0. The molecule has 0 bridgehead atoms. The summed E-state index contributed by atoms with van der Waals surface area (Å²) in [6.45, 7) is 0.427.